The van der Waals surface area contributed by atoms with E-state index in [9.17, 15) is 0 Å². The topological polar surface area (TPSA) is 34.0 Å². The fourth-order valence-corrected chi connectivity index (χ4v) is 3.39. The van der Waals surface area contributed by atoms with Gasteiger partial charge in [0.2, 0.25) is 0 Å². The molecule has 0 saturated carbocycles. The molecule has 0 fully saturated rings. The van der Waals surface area contributed by atoms with Gasteiger partial charge in [-0.25, -0.2) is 0 Å². The Morgan fingerprint density at radius 3 is 2.83 bits per heavy atom. The minimum absolute atomic E-state index is 1.01. The minimum Gasteiger partial charge on any atom is -0.314 e. The van der Waals surface area contributed by atoms with Crippen molar-refractivity contribution in [3.8, 4) is 0 Å². The maximum absolute atomic E-state index is 4.25. The van der Waals surface area contributed by atoms with Gasteiger partial charge in [0.05, 0.1) is 0 Å². The second-order valence-corrected chi connectivity index (χ2v) is 6.23. The highest BCUT2D eigenvalue weighted by Gasteiger charge is 2.17. The van der Waals surface area contributed by atoms with Crippen molar-refractivity contribution in [3.05, 3.63) is 33.5 Å². The lowest BCUT2D eigenvalue weighted by Gasteiger charge is -2.18. The van der Waals surface area contributed by atoms with E-state index in [0.29, 0.717) is 0 Å². The summed E-state index contributed by atoms with van der Waals surface area (Å²) in [5.74, 6) is 2.18. The van der Waals surface area contributed by atoms with Crippen LogP contribution in [0.1, 0.15) is 21.4 Å². The zero-order chi connectivity index (χ0) is 12.5. The van der Waals surface area contributed by atoms with Crippen molar-refractivity contribution in [3.63, 3.8) is 0 Å². The van der Waals surface area contributed by atoms with Crippen LogP contribution in [-0.4, -0.2) is 32.8 Å². The average molecular weight is 262 g/mol. The molecule has 1 aliphatic rings. The van der Waals surface area contributed by atoms with Crippen LogP contribution >= 0.6 is 11.3 Å². The van der Waals surface area contributed by atoms with Crippen LogP contribution in [0.25, 0.3) is 0 Å². The van der Waals surface area contributed by atoms with E-state index >= 15 is 0 Å². The number of nitrogens with zero attached hydrogens (tertiary/aromatic N) is 4. The third-order valence-electron chi connectivity index (χ3n) is 3.48. The first-order valence-electron chi connectivity index (χ1n) is 6.39. The standard InChI is InChI=1S/C13H18N4S/c1-10-3-4-12(18-10)9-16-6-5-13-15-14-11(2)17(13)8-7-16/h3-4H,5-9H2,1-2H3. The number of hydrogen-bond acceptors (Lipinski definition) is 4. The Kier molecular flexibility index (Phi) is 3.18. The van der Waals surface area contributed by atoms with Gasteiger partial charge in [0.15, 0.2) is 0 Å². The van der Waals surface area contributed by atoms with Crippen LogP contribution in [0, 0.1) is 13.8 Å². The molecule has 0 atom stereocenters. The molecule has 0 bridgehead atoms. The lowest BCUT2D eigenvalue weighted by atomic mass is 10.3. The number of hydrogen-bond donors (Lipinski definition) is 0. The summed E-state index contributed by atoms with van der Waals surface area (Å²) in [6.07, 6.45) is 1.01. The first kappa shape index (κ1) is 11.9. The predicted octanol–water partition coefficient (Wildman–Crippen LogP) is 2.01. The highest BCUT2D eigenvalue weighted by Crippen LogP contribution is 2.18. The molecule has 3 heterocycles. The van der Waals surface area contributed by atoms with Gasteiger partial charge in [0.1, 0.15) is 11.6 Å². The largest absolute Gasteiger partial charge is 0.314 e. The van der Waals surface area contributed by atoms with E-state index in [1.807, 2.05) is 18.3 Å². The fraction of sp³-hybridized carbons (Fsp3) is 0.538. The van der Waals surface area contributed by atoms with Gasteiger partial charge in [-0.15, -0.1) is 21.5 Å². The summed E-state index contributed by atoms with van der Waals surface area (Å²) in [7, 11) is 0. The third kappa shape index (κ3) is 2.33. The number of aromatic nitrogens is 3. The number of thiophene rings is 1. The molecule has 0 aliphatic carbocycles. The summed E-state index contributed by atoms with van der Waals surface area (Å²) >= 11 is 1.90. The zero-order valence-corrected chi connectivity index (χ0v) is 11.7. The van der Waals surface area contributed by atoms with E-state index in [2.05, 4.69) is 38.7 Å². The number of aryl methyl sites for hydroxylation is 2. The molecule has 0 unspecified atom stereocenters. The molecule has 0 spiro atoms. The van der Waals surface area contributed by atoms with E-state index in [-0.39, 0.29) is 0 Å². The molecule has 3 rings (SSSR count). The maximum Gasteiger partial charge on any atom is 0.134 e. The van der Waals surface area contributed by atoms with Gasteiger partial charge in [0, 0.05) is 42.4 Å². The Hall–Kier alpha value is -1.20. The molecular weight excluding hydrogens is 244 g/mol. The van der Waals surface area contributed by atoms with Crippen molar-refractivity contribution in [2.75, 3.05) is 13.1 Å². The smallest absolute Gasteiger partial charge is 0.134 e. The van der Waals surface area contributed by atoms with Crippen molar-refractivity contribution in [1.82, 2.24) is 19.7 Å². The highest BCUT2D eigenvalue weighted by atomic mass is 32.1. The molecule has 18 heavy (non-hydrogen) atoms. The van der Waals surface area contributed by atoms with Crippen molar-refractivity contribution in [2.45, 2.75) is 33.4 Å². The van der Waals surface area contributed by atoms with Gasteiger partial charge in [-0.05, 0) is 26.0 Å². The van der Waals surface area contributed by atoms with Crippen LogP contribution in [0.2, 0.25) is 0 Å². The Bertz CT molecular complexity index is 543. The van der Waals surface area contributed by atoms with Crippen LogP contribution in [-0.2, 0) is 19.5 Å². The van der Waals surface area contributed by atoms with Crippen molar-refractivity contribution in [1.29, 1.82) is 0 Å². The second kappa shape index (κ2) is 4.82. The first-order valence-corrected chi connectivity index (χ1v) is 7.20. The van der Waals surface area contributed by atoms with E-state index in [4.69, 9.17) is 0 Å². The van der Waals surface area contributed by atoms with Crippen LogP contribution in [0.5, 0.6) is 0 Å². The molecular formula is C13H18N4S. The summed E-state index contributed by atoms with van der Waals surface area (Å²) in [5.41, 5.74) is 0. The molecule has 1 aliphatic heterocycles. The van der Waals surface area contributed by atoms with Gasteiger partial charge < -0.3 is 4.57 Å². The Morgan fingerprint density at radius 2 is 2.06 bits per heavy atom. The van der Waals surface area contributed by atoms with Crippen LogP contribution < -0.4 is 0 Å². The normalized spacial score (nSPS) is 16.6. The summed E-state index contributed by atoms with van der Waals surface area (Å²) in [6, 6.07) is 4.45. The SMILES string of the molecule is Cc1ccc(CN2CCc3nnc(C)n3CC2)s1. The van der Waals surface area contributed by atoms with Gasteiger partial charge >= 0.3 is 0 Å². The molecule has 0 amide bonds. The summed E-state index contributed by atoms with van der Waals surface area (Å²) in [5, 5.41) is 8.40. The fourth-order valence-electron chi connectivity index (χ4n) is 2.46. The Balaban J connectivity index is 1.68. The molecule has 96 valence electrons. The van der Waals surface area contributed by atoms with E-state index in [1.54, 1.807) is 0 Å². The van der Waals surface area contributed by atoms with Crippen molar-refractivity contribution >= 4 is 11.3 Å². The molecule has 2 aromatic rings. The molecule has 5 heteroatoms. The number of rotatable bonds is 2. The van der Waals surface area contributed by atoms with Gasteiger partial charge in [-0.1, -0.05) is 0 Å². The third-order valence-corrected chi connectivity index (χ3v) is 4.46. The molecule has 2 aromatic heterocycles. The Morgan fingerprint density at radius 1 is 1.17 bits per heavy atom. The van der Waals surface area contributed by atoms with Gasteiger partial charge in [-0.3, -0.25) is 4.90 Å². The lowest BCUT2D eigenvalue weighted by Crippen LogP contribution is -2.26. The summed E-state index contributed by atoms with van der Waals surface area (Å²) in [4.78, 5) is 5.37. The molecule has 0 aromatic carbocycles. The van der Waals surface area contributed by atoms with Crippen LogP contribution in [0.3, 0.4) is 0 Å². The van der Waals surface area contributed by atoms with E-state index < -0.39 is 0 Å². The second-order valence-electron chi connectivity index (χ2n) is 4.85. The molecule has 4 nitrogen and oxygen atoms in total. The monoisotopic (exact) mass is 262 g/mol. The van der Waals surface area contributed by atoms with Crippen molar-refractivity contribution in [2.24, 2.45) is 0 Å². The summed E-state index contributed by atoms with van der Waals surface area (Å²) in [6.45, 7) is 8.45. The van der Waals surface area contributed by atoms with E-state index in [1.165, 1.54) is 9.75 Å². The average Bonchev–Trinajstić information content (AvgIpc) is 2.84. The number of fused-ring (bicyclic) bond motifs is 1. The van der Waals surface area contributed by atoms with Gasteiger partial charge in [0.25, 0.3) is 0 Å². The quantitative estimate of drug-likeness (QED) is 0.830. The summed E-state index contributed by atoms with van der Waals surface area (Å²) < 4.78 is 2.25. The van der Waals surface area contributed by atoms with Crippen LogP contribution in [0.15, 0.2) is 12.1 Å². The molecule has 0 N–H and O–H groups in total. The Labute approximate surface area is 111 Å². The van der Waals surface area contributed by atoms with Gasteiger partial charge in [-0.2, -0.15) is 0 Å². The highest BCUT2D eigenvalue weighted by molar-refractivity contribution is 7.11. The minimum atomic E-state index is 1.01. The first-order chi connectivity index (χ1) is 8.72. The van der Waals surface area contributed by atoms with Crippen molar-refractivity contribution < 1.29 is 0 Å². The zero-order valence-electron chi connectivity index (χ0n) is 10.9. The molecule has 0 radical (unpaired) electrons. The molecule has 0 saturated heterocycles. The van der Waals surface area contributed by atoms with Crippen LogP contribution in [0.4, 0.5) is 0 Å². The lowest BCUT2D eigenvalue weighted by molar-refractivity contribution is 0.273. The predicted molar refractivity (Wildman–Crippen MR) is 72.8 cm³/mol. The maximum atomic E-state index is 4.25. The van der Waals surface area contributed by atoms with E-state index in [0.717, 1.165) is 44.2 Å².